The summed E-state index contributed by atoms with van der Waals surface area (Å²) in [4.78, 5) is 0. The lowest BCUT2D eigenvalue weighted by Crippen LogP contribution is -2.01. The predicted octanol–water partition coefficient (Wildman–Crippen LogP) is 9.24. The second-order valence-corrected chi connectivity index (χ2v) is 12.9. The number of benzene rings is 6. The molecule has 0 aliphatic rings. The minimum Gasteiger partial charge on any atom is -0.319 e. The van der Waals surface area contributed by atoms with Crippen LogP contribution in [-0.2, 0) is 4.57 Å². The van der Waals surface area contributed by atoms with Crippen molar-refractivity contribution >= 4 is 34.0 Å². The fourth-order valence-corrected chi connectivity index (χ4v) is 6.09. The molecule has 6 aromatic carbocycles. The average molecular weight is 483 g/mol. The summed E-state index contributed by atoms with van der Waals surface area (Å²) in [6, 6.07) is 45.1. The van der Waals surface area contributed by atoms with Gasteiger partial charge in [0.05, 0.1) is 0 Å². The highest BCUT2D eigenvalue weighted by Gasteiger charge is 2.17. The number of hydrogen-bond acceptors (Lipinski definition) is 1. The molecule has 36 heavy (non-hydrogen) atoms. The summed E-state index contributed by atoms with van der Waals surface area (Å²) in [5, 5.41) is 5.93. The van der Waals surface area contributed by atoms with Gasteiger partial charge in [0.2, 0.25) is 0 Å². The molecule has 0 saturated carbocycles. The zero-order valence-electron chi connectivity index (χ0n) is 20.5. The van der Waals surface area contributed by atoms with E-state index in [1.54, 1.807) is 0 Å². The van der Waals surface area contributed by atoms with Gasteiger partial charge in [-0.1, -0.05) is 121 Å². The lowest BCUT2D eigenvalue weighted by molar-refractivity contribution is 0.588. The molecule has 0 amide bonds. The van der Waals surface area contributed by atoms with Gasteiger partial charge < -0.3 is 4.57 Å². The zero-order valence-corrected chi connectivity index (χ0v) is 21.4. The Hall–Kier alpha value is -3.93. The van der Waals surface area contributed by atoms with Crippen LogP contribution in [0.3, 0.4) is 0 Å². The third-order valence-electron chi connectivity index (χ3n) is 6.97. The Morgan fingerprint density at radius 3 is 1.39 bits per heavy atom. The topological polar surface area (TPSA) is 17.1 Å². The molecule has 6 aromatic rings. The van der Waals surface area contributed by atoms with E-state index in [1.807, 2.05) is 25.5 Å². The summed E-state index contributed by atoms with van der Waals surface area (Å²) >= 11 is 0. The van der Waals surface area contributed by atoms with Crippen LogP contribution in [0, 0.1) is 0 Å². The van der Waals surface area contributed by atoms with Crippen LogP contribution < -0.4 is 5.30 Å². The van der Waals surface area contributed by atoms with E-state index in [1.165, 1.54) is 43.8 Å². The maximum absolute atomic E-state index is 12.5. The molecule has 6 rings (SSSR count). The lowest BCUT2D eigenvalue weighted by atomic mass is 9.85. The smallest absolute Gasteiger partial charge is 0.109 e. The van der Waals surface area contributed by atoms with Gasteiger partial charge in [-0.2, -0.15) is 0 Å². The van der Waals surface area contributed by atoms with Crippen LogP contribution in [0.5, 0.6) is 0 Å². The summed E-state index contributed by atoms with van der Waals surface area (Å²) in [5.41, 5.74) is 7.24. The Morgan fingerprint density at radius 2 is 0.861 bits per heavy atom. The number of fused-ring (bicyclic) bond motifs is 2. The van der Waals surface area contributed by atoms with Crippen molar-refractivity contribution in [3.05, 3.63) is 127 Å². The Bertz CT molecular complexity index is 1700. The fourth-order valence-electron chi connectivity index (χ4n) is 5.22. The van der Waals surface area contributed by atoms with E-state index in [0.717, 1.165) is 16.4 Å². The molecule has 0 unspecified atom stereocenters. The molecule has 2 heteroatoms. The molecule has 0 heterocycles. The van der Waals surface area contributed by atoms with Crippen LogP contribution in [0.15, 0.2) is 127 Å². The zero-order chi connectivity index (χ0) is 24.7. The maximum Gasteiger partial charge on any atom is 0.109 e. The number of hydrogen-bond donors (Lipinski definition) is 0. The normalized spacial score (nSPS) is 11.7. The van der Waals surface area contributed by atoms with Crippen LogP contribution in [0.2, 0.25) is 0 Å². The largest absolute Gasteiger partial charge is 0.319 e. The van der Waals surface area contributed by atoms with Gasteiger partial charge >= 0.3 is 0 Å². The minimum atomic E-state index is -2.27. The van der Waals surface area contributed by atoms with Gasteiger partial charge in [-0.3, -0.25) is 0 Å². The Labute approximate surface area is 212 Å². The third-order valence-corrected chi connectivity index (χ3v) is 8.51. The lowest BCUT2D eigenvalue weighted by Gasteiger charge is -2.18. The van der Waals surface area contributed by atoms with Crippen molar-refractivity contribution < 1.29 is 4.57 Å². The molecule has 0 saturated heterocycles. The van der Waals surface area contributed by atoms with Gasteiger partial charge in [0.1, 0.15) is 7.14 Å². The summed E-state index contributed by atoms with van der Waals surface area (Å²) in [7, 11) is -2.27. The Morgan fingerprint density at radius 1 is 0.417 bits per heavy atom. The first-order valence-corrected chi connectivity index (χ1v) is 14.9. The van der Waals surface area contributed by atoms with E-state index >= 15 is 0 Å². The summed E-state index contributed by atoms with van der Waals surface area (Å²) in [6.45, 7) is 3.63. The van der Waals surface area contributed by atoms with E-state index in [4.69, 9.17) is 0 Å². The molecule has 0 atom stereocenters. The molecular formula is C34H27OP. The number of rotatable bonds is 4. The summed E-state index contributed by atoms with van der Waals surface area (Å²) in [5.74, 6) is 0. The quantitative estimate of drug-likeness (QED) is 0.181. The molecule has 174 valence electrons. The molecule has 0 N–H and O–H groups in total. The van der Waals surface area contributed by atoms with Crippen LogP contribution in [0.1, 0.15) is 0 Å². The highest BCUT2D eigenvalue weighted by Crippen LogP contribution is 2.44. The predicted molar refractivity (Wildman–Crippen MR) is 157 cm³/mol. The van der Waals surface area contributed by atoms with Gasteiger partial charge in [0, 0.05) is 5.30 Å². The van der Waals surface area contributed by atoms with Crippen LogP contribution in [-0.4, -0.2) is 13.3 Å². The summed E-state index contributed by atoms with van der Waals surface area (Å²) < 4.78 is 12.5. The molecule has 0 bridgehead atoms. The second kappa shape index (κ2) is 8.94. The molecule has 0 aliphatic carbocycles. The first-order chi connectivity index (χ1) is 17.5. The van der Waals surface area contributed by atoms with Crippen LogP contribution >= 0.6 is 7.14 Å². The monoisotopic (exact) mass is 482 g/mol. The van der Waals surface area contributed by atoms with Gasteiger partial charge in [-0.05, 0) is 74.3 Å². The maximum atomic E-state index is 12.5. The SMILES string of the molecule is CP(C)(=O)c1ccc(-c2cccc(-c3c4ccccc4c(-c4ccccc4)c4ccccc34)c2)cc1. The van der Waals surface area contributed by atoms with Crippen molar-refractivity contribution in [1.29, 1.82) is 0 Å². The van der Waals surface area contributed by atoms with Crippen molar-refractivity contribution in [3.8, 4) is 33.4 Å². The summed E-state index contributed by atoms with van der Waals surface area (Å²) in [6.07, 6.45) is 0. The van der Waals surface area contributed by atoms with Crippen LogP contribution in [0.4, 0.5) is 0 Å². The molecule has 0 aromatic heterocycles. The van der Waals surface area contributed by atoms with Crippen molar-refractivity contribution in [2.75, 3.05) is 13.3 Å². The van der Waals surface area contributed by atoms with Gasteiger partial charge in [0.15, 0.2) is 0 Å². The fraction of sp³-hybridized carbons (Fsp3) is 0.0588. The van der Waals surface area contributed by atoms with E-state index in [2.05, 4.69) is 115 Å². The van der Waals surface area contributed by atoms with Gasteiger partial charge in [-0.15, -0.1) is 0 Å². The van der Waals surface area contributed by atoms with E-state index in [0.29, 0.717) is 0 Å². The molecule has 0 aliphatic heterocycles. The molecule has 0 radical (unpaired) electrons. The van der Waals surface area contributed by atoms with Crippen molar-refractivity contribution in [2.24, 2.45) is 0 Å². The van der Waals surface area contributed by atoms with E-state index in [-0.39, 0.29) is 0 Å². The first-order valence-electron chi connectivity index (χ1n) is 12.3. The molecule has 0 fully saturated rings. The first kappa shape index (κ1) is 22.5. The van der Waals surface area contributed by atoms with E-state index < -0.39 is 7.14 Å². The van der Waals surface area contributed by atoms with Gasteiger partial charge in [0.25, 0.3) is 0 Å². The molecule has 1 nitrogen and oxygen atoms in total. The molecule has 0 spiro atoms. The van der Waals surface area contributed by atoms with Crippen molar-refractivity contribution in [3.63, 3.8) is 0 Å². The highest BCUT2D eigenvalue weighted by molar-refractivity contribution is 7.70. The average Bonchev–Trinajstić information content (AvgIpc) is 2.92. The Kier molecular flexibility index (Phi) is 5.59. The van der Waals surface area contributed by atoms with Crippen molar-refractivity contribution in [2.45, 2.75) is 0 Å². The third kappa shape index (κ3) is 3.96. The van der Waals surface area contributed by atoms with Crippen molar-refractivity contribution in [1.82, 2.24) is 0 Å². The van der Waals surface area contributed by atoms with E-state index in [9.17, 15) is 4.57 Å². The minimum absolute atomic E-state index is 0.913. The molecular weight excluding hydrogens is 455 g/mol. The van der Waals surface area contributed by atoms with Gasteiger partial charge in [-0.25, -0.2) is 0 Å². The second-order valence-electron chi connectivity index (χ2n) is 9.69. The van der Waals surface area contributed by atoms with Crippen LogP contribution in [0.25, 0.3) is 54.9 Å². The Balaban J connectivity index is 1.60. The highest BCUT2D eigenvalue weighted by atomic mass is 31.2. The standard InChI is InChI=1S/C34H27OP/c1-36(2,35)28-21-19-24(20-22-28)26-13-10-14-27(23-26)34-31-17-8-6-15-29(31)33(25-11-4-3-5-12-25)30-16-7-9-18-32(30)34/h3-23H,1-2H3.